The van der Waals surface area contributed by atoms with Crippen molar-refractivity contribution in [3.8, 4) is 56.2 Å². The summed E-state index contributed by atoms with van der Waals surface area (Å²) in [6.45, 7) is 0. The summed E-state index contributed by atoms with van der Waals surface area (Å²) in [6, 6.07) is 50.7. The van der Waals surface area contributed by atoms with Gasteiger partial charge in [0.15, 0.2) is 5.82 Å². The maximum Gasteiger partial charge on any atom is 0.160 e. The molecule has 0 amide bonds. The number of benzene rings is 5. The third-order valence-electron chi connectivity index (χ3n) is 11.8. The van der Waals surface area contributed by atoms with Gasteiger partial charge < -0.3 is 0 Å². The van der Waals surface area contributed by atoms with E-state index in [1.165, 1.54) is 50.1 Å². The van der Waals surface area contributed by atoms with E-state index in [2.05, 4.69) is 175 Å². The van der Waals surface area contributed by atoms with E-state index in [4.69, 9.17) is 9.97 Å². The molecular weight excluding hydrogens is 667 g/mol. The summed E-state index contributed by atoms with van der Waals surface area (Å²) in [5, 5.41) is 0. The largest absolute Gasteiger partial charge is 0.264 e. The highest BCUT2D eigenvalue weighted by Gasteiger charge is 2.49. The van der Waals surface area contributed by atoms with Crippen LogP contribution < -0.4 is 0 Å². The Balaban J connectivity index is 1.11. The highest BCUT2D eigenvalue weighted by molar-refractivity contribution is 5.87. The van der Waals surface area contributed by atoms with E-state index < -0.39 is 0 Å². The molecule has 7 aromatic rings. The Morgan fingerprint density at radius 1 is 0.509 bits per heavy atom. The summed E-state index contributed by atoms with van der Waals surface area (Å²) in [7, 11) is 0. The Morgan fingerprint density at radius 3 is 2.04 bits per heavy atom. The average molecular weight is 708 g/mol. The third-order valence-corrected chi connectivity index (χ3v) is 11.8. The minimum Gasteiger partial charge on any atom is -0.264 e. The van der Waals surface area contributed by atoms with Crippen LogP contribution in [0.1, 0.15) is 54.4 Å². The summed E-state index contributed by atoms with van der Waals surface area (Å²) in [6.07, 6.45) is 21.1. The van der Waals surface area contributed by atoms with Gasteiger partial charge in [-0.05, 0) is 113 Å². The van der Waals surface area contributed by atoms with Crippen LogP contribution in [0.15, 0.2) is 182 Å². The molecule has 1 unspecified atom stereocenters. The van der Waals surface area contributed by atoms with Crippen molar-refractivity contribution in [1.29, 1.82) is 0 Å². The molecule has 3 nitrogen and oxygen atoms in total. The Hall–Kier alpha value is -6.45. The first-order valence-corrected chi connectivity index (χ1v) is 19.6. The van der Waals surface area contributed by atoms with Crippen molar-refractivity contribution in [1.82, 2.24) is 15.0 Å². The molecule has 2 heterocycles. The lowest BCUT2D eigenvalue weighted by atomic mass is 9.61. The lowest BCUT2D eigenvalue weighted by Gasteiger charge is -2.41. The molecule has 264 valence electrons. The maximum absolute atomic E-state index is 5.27. The van der Waals surface area contributed by atoms with Crippen LogP contribution in [0.25, 0.3) is 61.7 Å². The maximum atomic E-state index is 5.27. The first kappa shape index (κ1) is 33.1. The molecule has 2 aromatic heterocycles. The Kier molecular flexibility index (Phi) is 8.48. The monoisotopic (exact) mass is 707 g/mol. The van der Waals surface area contributed by atoms with Gasteiger partial charge in [0.25, 0.3) is 0 Å². The molecule has 0 fully saturated rings. The Labute approximate surface area is 323 Å². The molecule has 0 aliphatic heterocycles. The molecule has 5 aromatic carbocycles. The summed E-state index contributed by atoms with van der Waals surface area (Å²) in [5.41, 5.74) is 16.1. The zero-order valence-electron chi connectivity index (χ0n) is 30.8. The number of nitrogens with zero attached hydrogens (tertiary/aromatic N) is 3. The fraction of sp³-hybridized carbons (Fsp3) is 0.135. The van der Waals surface area contributed by atoms with Crippen molar-refractivity contribution in [2.24, 2.45) is 5.92 Å². The topological polar surface area (TPSA) is 38.7 Å². The van der Waals surface area contributed by atoms with Gasteiger partial charge in [0.2, 0.25) is 0 Å². The van der Waals surface area contributed by atoms with Crippen molar-refractivity contribution in [2.45, 2.75) is 37.5 Å². The van der Waals surface area contributed by atoms with Gasteiger partial charge in [-0.15, -0.1) is 0 Å². The zero-order valence-corrected chi connectivity index (χ0v) is 30.8. The van der Waals surface area contributed by atoms with Crippen LogP contribution in [-0.4, -0.2) is 15.0 Å². The van der Waals surface area contributed by atoms with Crippen LogP contribution in [0.5, 0.6) is 0 Å². The number of hydrogen-bond donors (Lipinski definition) is 0. The number of hydrogen-bond acceptors (Lipinski definition) is 3. The van der Waals surface area contributed by atoms with E-state index in [0.717, 1.165) is 66.0 Å². The van der Waals surface area contributed by atoms with E-state index in [9.17, 15) is 0 Å². The van der Waals surface area contributed by atoms with Crippen LogP contribution in [0.3, 0.4) is 0 Å². The normalized spacial score (nSPS) is 18.4. The van der Waals surface area contributed by atoms with Crippen molar-refractivity contribution in [2.75, 3.05) is 0 Å². The minimum atomic E-state index is -0.266. The van der Waals surface area contributed by atoms with E-state index >= 15 is 0 Å². The molecule has 10 rings (SSSR count). The second kappa shape index (κ2) is 14.1. The molecule has 0 saturated heterocycles. The molecular formula is C52H41N3. The molecule has 3 aliphatic rings. The fourth-order valence-electron chi connectivity index (χ4n) is 9.26. The number of rotatable bonds is 7. The van der Waals surface area contributed by atoms with Crippen LogP contribution in [0, 0.1) is 5.92 Å². The minimum absolute atomic E-state index is 0.266. The molecule has 55 heavy (non-hydrogen) atoms. The van der Waals surface area contributed by atoms with Crippen LogP contribution in [-0.2, 0) is 5.41 Å². The molecule has 3 aliphatic carbocycles. The molecule has 0 bridgehead atoms. The predicted octanol–water partition coefficient (Wildman–Crippen LogP) is 12.9. The predicted molar refractivity (Wildman–Crippen MR) is 226 cm³/mol. The standard InChI is InChI=1S/C52H41N3/c1-5-15-36(16-6-1)38-19-14-22-42(32-38)51-54-49(37-17-7-2-8-18-37)34-50(55-51)41-21-13-20-39(31-41)40-27-28-45-46-35-53-30-29-47(46)52(48(45)33-40,43-23-9-3-10-24-43)44-25-11-4-12-26-44/h2-5,7-11,13-24,27-35,44H,1,6,12,25-26H2/t44-,52?/m1/s1. The SMILES string of the molecule is C1=CC(c2cccc(-c3nc(-c4ccccc4)cc(-c4cccc(-c5ccc6c(c5)C(c5ccccc5)([C@@H]5CC=CCC5)c5ccncc5-6)c4)n3)c2)=CCC1. The van der Waals surface area contributed by atoms with Gasteiger partial charge in [-0.3, -0.25) is 4.98 Å². The fourth-order valence-corrected chi connectivity index (χ4v) is 9.26. The van der Waals surface area contributed by atoms with Crippen LogP contribution in [0.2, 0.25) is 0 Å². The second-order valence-corrected chi connectivity index (χ2v) is 15.0. The van der Waals surface area contributed by atoms with E-state index in [1.807, 2.05) is 12.3 Å². The van der Waals surface area contributed by atoms with Crippen LogP contribution in [0.4, 0.5) is 0 Å². The lowest BCUT2D eigenvalue weighted by Crippen LogP contribution is -2.36. The van der Waals surface area contributed by atoms with Gasteiger partial charge in [-0.2, -0.15) is 0 Å². The number of allylic oxidation sites excluding steroid dienone is 6. The first-order chi connectivity index (χ1) is 27.3. The average Bonchev–Trinajstić information content (AvgIpc) is 3.58. The quantitative estimate of drug-likeness (QED) is 0.155. The molecule has 2 atom stereocenters. The van der Waals surface area contributed by atoms with Gasteiger partial charge >= 0.3 is 0 Å². The molecule has 0 spiro atoms. The Morgan fingerprint density at radius 2 is 1.24 bits per heavy atom. The van der Waals surface area contributed by atoms with Crippen LogP contribution >= 0.6 is 0 Å². The van der Waals surface area contributed by atoms with Crippen molar-refractivity contribution in [3.05, 3.63) is 205 Å². The second-order valence-electron chi connectivity index (χ2n) is 15.0. The highest BCUT2D eigenvalue weighted by atomic mass is 14.9. The third kappa shape index (κ3) is 5.88. The zero-order chi connectivity index (χ0) is 36.6. The summed E-state index contributed by atoms with van der Waals surface area (Å²) < 4.78 is 0. The van der Waals surface area contributed by atoms with Crippen molar-refractivity contribution < 1.29 is 0 Å². The van der Waals surface area contributed by atoms with Gasteiger partial charge in [-0.25, -0.2) is 9.97 Å². The molecule has 0 N–H and O–H groups in total. The van der Waals surface area contributed by atoms with E-state index in [1.54, 1.807) is 0 Å². The first-order valence-electron chi connectivity index (χ1n) is 19.6. The van der Waals surface area contributed by atoms with Gasteiger partial charge in [0.1, 0.15) is 0 Å². The highest BCUT2D eigenvalue weighted by Crippen LogP contribution is 2.59. The van der Waals surface area contributed by atoms with Gasteiger partial charge in [0, 0.05) is 40.1 Å². The van der Waals surface area contributed by atoms with E-state index in [-0.39, 0.29) is 5.41 Å². The summed E-state index contributed by atoms with van der Waals surface area (Å²) >= 11 is 0. The summed E-state index contributed by atoms with van der Waals surface area (Å²) in [5.74, 6) is 1.16. The molecule has 0 saturated carbocycles. The van der Waals surface area contributed by atoms with Gasteiger partial charge in [-0.1, -0.05) is 140 Å². The Bertz CT molecular complexity index is 2630. The summed E-state index contributed by atoms with van der Waals surface area (Å²) in [4.78, 5) is 15.1. The number of fused-ring (bicyclic) bond motifs is 3. The van der Waals surface area contributed by atoms with E-state index in [0.29, 0.717) is 5.92 Å². The lowest BCUT2D eigenvalue weighted by molar-refractivity contribution is 0.349. The molecule has 3 heteroatoms. The number of aromatic nitrogens is 3. The molecule has 0 radical (unpaired) electrons. The van der Waals surface area contributed by atoms with Gasteiger partial charge in [0.05, 0.1) is 11.4 Å². The smallest absolute Gasteiger partial charge is 0.160 e. The van der Waals surface area contributed by atoms with Crippen molar-refractivity contribution >= 4 is 5.57 Å². The van der Waals surface area contributed by atoms with Crippen molar-refractivity contribution in [3.63, 3.8) is 0 Å². The number of pyridine rings is 1.